The topological polar surface area (TPSA) is 9.23 Å². The number of fused-ring (bicyclic) bond motifs is 1. The molecule has 0 saturated carbocycles. The smallest absolute Gasteiger partial charge is 0.123 e. The lowest BCUT2D eigenvalue weighted by atomic mass is 9.86. The average molecular weight is 438 g/mol. The molecule has 5 rings (SSSR count). The van der Waals surface area contributed by atoms with E-state index in [4.69, 9.17) is 4.74 Å². The highest BCUT2D eigenvalue weighted by Gasteiger charge is 2.51. The van der Waals surface area contributed by atoms with Crippen molar-refractivity contribution in [1.29, 1.82) is 0 Å². The Morgan fingerprint density at radius 1 is 0.688 bits per heavy atom. The molecule has 0 unspecified atom stereocenters. The Labute approximate surface area is 192 Å². The second-order valence-electron chi connectivity index (χ2n) is 9.33. The SMILES string of the molecule is C[C@@H](c1ccc2c(c1)C(C)(C)CO2)[P+](c1ccccc1)(c1ccccc1)c1ccccc1. The quantitative estimate of drug-likeness (QED) is 0.328. The number of ether oxygens (including phenoxy) is 1. The number of benzene rings is 4. The molecule has 1 aliphatic rings. The Morgan fingerprint density at radius 2 is 1.16 bits per heavy atom. The first-order valence-corrected chi connectivity index (χ1v) is 13.2. The van der Waals surface area contributed by atoms with Gasteiger partial charge < -0.3 is 4.74 Å². The Balaban J connectivity index is 1.79. The monoisotopic (exact) mass is 437 g/mol. The number of rotatable bonds is 5. The standard InChI is InChI=1S/C30H30OP/c1-23(24-19-20-29-28(21-24)30(2,3)22-31-29)32(25-13-7-4-8-14-25,26-15-9-5-10-16-26)27-17-11-6-12-18-27/h4-21,23H,22H2,1-3H3/q+1/t23-/m0/s1. The van der Waals surface area contributed by atoms with Crippen molar-refractivity contribution in [1.82, 2.24) is 0 Å². The third-order valence-electron chi connectivity index (χ3n) is 6.88. The number of hydrogen-bond donors (Lipinski definition) is 0. The van der Waals surface area contributed by atoms with Crippen LogP contribution in [0.2, 0.25) is 0 Å². The lowest BCUT2D eigenvalue weighted by Crippen LogP contribution is -2.34. The fourth-order valence-electron chi connectivity index (χ4n) is 5.13. The molecule has 0 saturated heterocycles. The zero-order valence-electron chi connectivity index (χ0n) is 19.0. The van der Waals surface area contributed by atoms with Crippen molar-refractivity contribution in [2.75, 3.05) is 6.61 Å². The minimum absolute atomic E-state index is 0.0401. The highest BCUT2D eigenvalue weighted by Crippen LogP contribution is 2.66. The second kappa shape index (κ2) is 8.23. The minimum Gasteiger partial charge on any atom is -0.492 e. The van der Waals surface area contributed by atoms with Crippen LogP contribution in [0.5, 0.6) is 5.75 Å². The van der Waals surface area contributed by atoms with E-state index in [-0.39, 0.29) is 5.41 Å². The summed E-state index contributed by atoms with van der Waals surface area (Å²) in [6, 6.07) is 40.3. The summed E-state index contributed by atoms with van der Waals surface area (Å²) >= 11 is 0. The molecule has 0 fully saturated rings. The molecule has 4 aromatic rings. The Bertz CT molecular complexity index is 1100. The van der Waals surface area contributed by atoms with Crippen molar-refractivity contribution in [2.24, 2.45) is 0 Å². The van der Waals surface area contributed by atoms with Crippen LogP contribution in [0.15, 0.2) is 109 Å². The molecule has 1 heterocycles. The van der Waals surface area contributed by atoms with Gasteiger partial charge in [0, 0.05) is 11.0 Å². The normalized spacial score (nSPS) is 15.6. The van der Waals surface area contributed by atoms with E-state index in [1.165, 1.54) is 27.0 Å². The molecule has 32 heavy (non-hydrogen) atoms. The van der Waals surface area contributed by atoms with Crippen LogP contribution < -0.4 is 20.7 Å². The third kappa shape index (κ3) is 3.37. The molecule has 0 N–H and O–H groups in total. The van der Waals surface area contributed by atoms with Gasteiger partial charge in [-0.2, -0.15) is 0 Å². The van der Waals surface area contributed by atoms with Gasteiger partial charge in [0.2, 0.25) is 0 Å². The summed E-state index contributed by atoms with van der Waals surface area (Å²) in [5.74, 6) is 1.04. The van der Waals surface area contributed by atoms with Crippen molar-refractivity contribution in [3.63, 3.8) is 0 Å². The summed E-state index contributed by atoms with van der Waals surface area (Å²) in [7, 11) is -1.97. The average Bonchev–Trinajstić information content (AvgIpc) is 3.15. The van der Waals surface area contributed by atoms with Gasteiger partial charge in [0.1, 0.15) is 34.6 Å². The predicted octanol–water partition coefficient (Wildman–Crippen LogP) is 6.41. The molecule has 0 aliphatic carbocycles. The maximum atomic E-state index is 6.00. The largest absolute Gasteiger partial charge is 0.492 e. The van der Waals surface area contributed by atoms with Crippen LogP contribution in [0, 0.1) is 0 Å². The Morgan fingerprint density at radius 3 is 1.62 bits per heavy atom. The van der Waals surface area contributed by atoms with Crippen molar-refractivity contribution >= 4 is 23.2 Å². The van der Waals surface area contributed by atoms with Crippen molar-refractivity contribution in [3.05, 3.63) is 120 Å². The first kappa shape index (κ1) is 21.0. The maximum absolute atomic E-state index is 6.00. The van der Waals surface area contributed by atoms with E-state index >= 15 is 0 Å². The molecule has 1 nitrogen and oxygen atoms in total. The molecule has 0 amide bonds. The molecular formula is C30H30OP+. The van der Waals surface area contributed by atoms with Crippen molar-refractivity contribution < 1.29 is 4.74 Å². The minimum atomic E-state index is -1.97. The van der Waals surface area contributed by atoms with Crippen molar-refractivity contribution in [2.45, 2.75) is 31.8 Å². The lowest BCUT2D eigenvalue weighted by Gasteiger charge is -2.33. The van der Waals surface area contributed by atoms with Gasteiger partial charge >= 0.3 is 0 Å². The maximum Gasteiger partial charge on any atom is 0.123 e. The van der Waals surface area contributed by atoms with Gasteiger partial charge in [-0.05, 0) is 61.0 Å². The summed E-state index contributed by atoms with van der Waals surface area (Å²) in [5, 5.41) is 4.25. The predicted molar refractivity (Wildman–Crippen MR) is 139 cm³/mol. The summed E-state index contributed by atoms with van der Waals surface area (Å²) in [6.45, 7) is 7.73. The third-order valence-corrected chi connectivity index (χ3v) is 11.7. The van der Waals surface area contributed by atoms with E-state index in [1.54, 1.807) is 0 Å². The van der Waals surface area contributed by atoms with Gasteiger partial charge in [0.15, 0.2) is 0 Å². The lowest BCUT2D eigenvalue weighted by molar-refractivity contribution is 0.291. The molecule has 0 bridgehead atoms. The molecule has 160 valence electrons. The van der Waals surface area contributed by atoms with Gasteiger partial charge in [0.25, 0.3) is 0 Å². The molecule has 1 aliphatic heterocycles. The van der Waals surface area contributed by atoms with Crippen LogP contribution in [0.25, 0.3) is 0 Å². The van der Waals surface area contributed by atoms with E-state index in [2.05, 4.69) is 130 Å². The summed E-state index contributed by atoms with van der Waals surface area (Å²) in [5.41, 5.74) is 3.07. The highest BCUT2D eigenvalue weighted by atomic mass is 31.2. The highest BCUT2D eigenvalue weighted by molar-refractivity contribution is 7.95. The zero-order valence-corrected chi connectivity index (χ0v) is 19.9. The number of hydrogen-bond acceptors (Lipinski definition) is 1. The fraction of sp³-hybridized carbons (Fsp3) is 0.200. The second-order valence-corrected chi connectivity index (χ2v) is 13.1. The van der Waals surface area contributed by atoms with Gasteiger partial charge in [-0.1, -0.05) is 74.5 Å². The molecular weight excluding hydrogens is 407 g/mol. The first-order valence-electron chi connectivity index (χ1n) is 11.4. The molecule has 4 aromatic carbocycles. The molecule has 0 spiro atoms. The van der Waals surface area contributed by atoms with E-state index in [9.17, 15) is 0 Å². The summed E-state index contributed by atoms with van der Waals surface area (Å²) in [4.78, 5) is 0. The Kier molecular flexibility index (Phi) is 5.39. The van der Waals surface area contributed by atoms with Gasteiger partial charge in [0.05, 0.1) is 6.61 Å². The van der Waals surface area contributed by atoms with E-state index in [1.807, 2.05) is 0 Å². The van der Waals surface area contributed by atoms with Crippen LogP contribution >= 0.6 is 7.26 Å². The van der Waals surface area contributed by atoms with Crippen LogP contribution in [-0.2, 0) is 5.41 Å². The summed E-state index contributed by atoms with van der Waals surface area (Å²) < 4.78 is 6.00. The van der Waals surface area contributed by atoms with E-state index < -0.39 is 7.26 Å². The van der Waals surface area contributed by atoms with E-state index in [0.717, 1.165) is 12.4 Å². The van der Waals surface area contributed by atoms with Gasteiger partial charge in [-0.15, -0.1) is 0 Å². The van der Waals surface area contributed by atoms with Crippen LogP contribution in [-0.4, -0.2) is 6.61 Å². The Hall–Kier alpha value is -2.89. The van der Waals surface area contributed by atoms with Crippen LogP contribution in [0.4, 0.5) is 0 Å². The fourth-order valence-corrected chi connectivity index (χ4v) is 9.90. The van der Waals surface area contributed by atoms with E-state index in [0.29, 0.717) is 5.66 Å². The zero-order chi connectivity index (χ0) is 22.2. The van der Waals surface area contributed by atoms with Crippen molar-refractivity contribution in [3.8, 4) is 5.75 Å². The summed E-state index contributed by atoms with van der Waals surface area (Å²) in [6.07, 6.45) is 0. The molecule has 1 atom stereocenters. The van der Waals surface area contributed by atoms with Crippen LogP contribution in [0.1, 0.15) is 37.6 Å². The van der Waals surface area contributed by atoms with Gasteiger partial charge in [-0.3, -0.25) is 0 Å². The molecule has 2 heteroatoms. The van der Waals surface area contributed by atoms with Crippen LogP contribution in [0.3, 0.4) is 0 Å². The molecule has 0 radical (unpaired) electrons. The first-order chi connectivity index (χ1) is 15.5. The van der Waals surface area contributed by atoms with Gasteiger partial charge in [-0.25, -0.2) is 0 Å². The molecule has 0 aromatic heterocycles.